The summed E-state index contributed by atoms with van der Waals surface area (Å²) in [6.45, 7) is 0. The summed E-state index contributed by atoms with van der Waals surface area (Å²) in [5.74, 6) is 0. The van der Waals surface area contributed by atoms with Crippen LogP contribution in [0.5, 0.6) is 0 Å². The zero-order valence-electron chi connectivity index (χ0n) is 28.5. The number of fused-ring (bicyclic) bond motifs is 3. The molecule has 0 heteroatoms. The minimum atomic E-state index is 1.24. The van der Waals surface area contributed by atoms with Gasteiger partial charge in [0.25, 0.3) is 0 Å². The van der Waals surface area contributed by atoms with Crippen molar-refractivity contribution in [3.63, 3.8) is 0 Å². The molecular weight excluding hydrogens is 625 g/mol. The Morgan fingerprint density at radius 1 is 0.212 bits per heavy atom. The third-order valence-electron chi connectivity index (χ3n) is 11.2. The average molecular weight is 657 g/mol. The normalized spacial score (nSPS) is 11.8. The van der Waals surface area contributed by atoms with Crippen LogP contribution in [0.3, 0.4) is 0 Å². The van der Waals surface area contributed by atoms with Crippen molar-refractivity contribution in [3.8, 4) is 44.5 Å². The fourth-order valence-corrected chi connectivity index (χ4v) is 8.85. The zero-order valence-corrected chi connectivity index (χ0v) is 28.5. The molecule has 11 aromatic carbocycles. The molecule has 0 atom stereocenters. The smallest absolute Gasteiger partial charge is 0.00203 e. The molecule has 0 aliphatic rings. The van der Waals surface area contributed by atoms with Crippen molar-refractivity contribution >= 4 is 64.6 Å². The van der Waals surface area contributed by atoms with Crippen LogP contribution in [-0.4, -0.2) is 0 Å². The summed E-state index contributed by atoms with van der Waals surface area (Å²) in [7, 11) is 0. The Balaban J connectivity index is 1.12. The van der Waals surface area contributed by atoms with Gasteiger partial charge in [-0.25, -0.2) is 0 Å². The van der Waals surface area contributed by atoms with Gasteiger partial charge in [0.2, 0.25) is 0 Å². The van der Waals surface area contributed by atoms with E-state index in [0.29, 0.717) is 0 Å². The van der Waals surface area contributed by atoms with E-state index in [1.165, 1.54) is 109 Å². The Labute approximate surface area is 302 Å². The van der Waals surface area contributed by atoms with Gasteiger partial charge in [-0.3, -0.25) is 0 Å². The highest BCUT2D eigenvalue weighted by molar-refractivity contribution is 6.28. The van der Waals surface area contributed by atoms with Gasteiger partial charge in [0.15, 0.2) is 0 Å². The summed E-state index contributed by atoms with van der Waals surface area (Å²) in [5.41, 5.74) is 10.1. The molecule has 0 saturated heterocycles. The van der Waals surface area contributed by atoms with Gasteiger partial charge in [0.05, 0.1) is 0 Å². The van der Waals surface area contributed by atoms with E-state index in [4.69, 9.17) is 0 Å². The molecule has 0 saturated carbocycles. The van der Waals surface area contributed by atoms with E-state index >= 15 is 0 Å². The van der Waals surface area contributed by atoms with Crippen molar-refractivity contribution < 1.29 is 0 Å². The van der Waals surface area contributed by atoms with Gasteiger partial charge in [-0.2, -0.15) is 0 Å². The first kappa shape index (κ1) is 29.0. The van der Waals surface area contributed by atoms with Gasteiger partial charge < -0.3 is 0 Å². The van der Waals surface area contributed by atoms with Crippen LogP contribution in [0.25, 0.3) is 109 Å². The SMILES string of the molecule is c1ccc(-c2c3ccccc3c(-c3ccc4ccc(-c5ccc6ccc7c(-c8ccccc8)ccc8ccc5c6c87)cc4c3)c3ccccc23)cc1. The van der Waals surface area contributed by atoms with Crippen LogP contribution < -0.4 is 0 Å². The van der Waals surface area contributed by atoms with Crippen molar-refractivity contribution in [1.82, 2.24) is 0 Å². The molecule has 240 valence electrons. The van der Waals surface area contributed by atoms with E-state index in [0.717, 1.165) is 0 Å². The molecule has 11 aromatic rings. The van der Waals surface area contributed by atoms with E-state index in [-0.39, 0.29) is 0 Å². The van der Waals surface area contributed by atoms with Crippen molar-refractivity contribution in [2.24, 2.45) is 0 Å². The summed E-state index contributed by atoms with van der Waals surface area (Å²) >= 11 is 0. The molecular formula is C52H32. The lowest BCUT2D eigenvalue weighted by Crippen LogP contribution is -1.91. The third kappa shape index (κ3) is 4.35. The molecule has 0 unspecified atom stereocenters. The molecule has 52 heavy (non-hydrogen) atoms. The summed E-state index contributed by atoms with van der Waals surface area (Å²) in [6, 6.07) is 71.8. The highest BCUT2D eigenvalue weighted by Crippen LogP contribution is 2.45. The van der Waals surface area contributed by atoms with Crippen LogP contribution in [0.2, 0.25) is 0 Å². The molecule has 0 radical (unpaired) electrons. The fraction of sp³-hybridized carbons (Fsp3) is 0. The van der Waals surface area contributed by atoms with Crippen LogP contribution in [-0.2, 0) is 0 Å². The first-order chi connectivity index (χ1) is 25.8. The summed E-state index contributed by atoms with van der Waals surface area (Å²) in [6.07, 6.45) is 0. The molecule has 0 aliphatic heterocycles. The van der Waals surface area contributed by atoms with Gasteiger partial charge >= 0.3 is 0 Å². The first-order valence-corrected chi connectivity index (χ1v) is 18.1. The average Bonchev–Trinajstić information content (AvgIpc) is 3.22. The van der Waals surface area contributed by atoms with Gasteiger partial charge in [0, 0.05) is 0 Å². The standard InChI is InChI=1S/C52H32/c1-3-11-34(12-4-1)41-27-23-36-26-30-48-42(28-24-37-25-29-47(41)51(36)52(37)48)38-21-19-33-20-22-39(32-40(33)31-38)50-45-17-9-7-15-43(45)49(35-13-5-2-6-14-35)44-16-8-10-18-46(44)50/h1-32H. The van der Waals surface area contributed by atoms with Crippen LogP contribution in [0.1, 0.15) is 0 Å². The van der Waals surface area contributed by atoms with E-state index in [1.54, 1.807) is 0 Å². The quantitative estimate of drug-likeness (QED) is 0.131. The van der Waals surface area contributed by atoms with Crippen molar-refractivity contribution in [1.29, 1.82) is 0 Å². The number of hydrogen-bond acceptors (Lipinski definition) is 0. The Morgan fingerprint density at radius 3 is 1.17 bits per heavy atom. The Bertz CT molecular complexity index is 3100. The lowest BCUT2D eigenvalue weighted by Gasteiger charge is -2.18. The van der Waals surface area contributed by atoms with E-state index in [2.05, 4.69) is 194 Å². The Morgan fingerprint density at radius 2 is 0.615 bits per heavy atom. The lowest BCUT2D eigenvalue weighted by atomic mass is 9.85. The summed E-state index contributed by atoms with van der Waals surface area (Å²) in [5, 5.41) is 15.4. The maximum Gasteiger partial charge on any atom is -0.00203 e. The van der Waals surface area contributed by atoms with Crippen LogP contribution in [0, 0.1) is 0 Å². The van der Waals surface area contributed by atoms with Crippen molar-refractivity contribution in [2.45, 2.75) is 0 Å². The van der Waals surface area contributed by atoms with Crippen LogP contribution in [0.4, 0.5) is 0 Å². The van der Waals surface area contributed by atoms with Gasteiger partial charge in [-0.15, -0.1) is 0 Å². The summed E-state index contributed by atoms with van der Waals surface area (Å²) < 4.78 is 0. The van der Waals surface area contributed by atoms with Gasteiger partial charge in [0.1, 0.15) is 0 Å². The topological polar surface area (TPSA) is 0 Å². The second kappa shape index (κ2) is 11.4. The molecule has 0 N–H and O–H groups in total. The molecule has 0 fully saturated rings. The number of benzene rings is 11. The van der Waals surface area contributed by atoms with Crippen molar-refractivity contribution in [2.75, 3.05) is 0 Å². The molecule has 0 bridgehead atoms. The van der Waals surface area contributed by atoms with Crippen LogP contribution in [0.15, 0.2) is 194 Å². The van der Waals surface area contributed by atoms with E-state index in [1.807, 2.05) is 0 Å². The lowest BCUT2D eigenvalue weighted by molar-refractivity contribution is 1.65. The molecule has 0 heterocycles. The molecule has 0 amide bonds. The maximum atomic E-state index is 2.40. The molecule has 0 nitrogen and oxygen atoms in total. The second-order valence-corrected chi connectivity index (χ2v) is 14.0. The minimum absolute atomic E-state index is 1.24. The number of hydrogen-bond donors (Lipinski definition) is 0. The van der Waals surface area contributed by atoms with E-state index in [9.17, 15) is 0 Å². The highest BCUT2D eigenvalue weighted by Gasteiger charge is 2.18. The maximum absolute atomic E-state index is 2.40. The van der Waals surface area contributed by atoms with E-state index < -0.39 is 0 Å². The largest absolute Gasteiger partial charge is 0.0622 e. The minimum Gasteiger partial charge on any atom is -0.0622 e. The monoisotopic (exact) mass is 656 g/mol. The summed E-state index contributed by atoms with van der Waals surface area (Å²) in [4.78, 5) is 0. The second-order valence-electron chi connectivity index (χ2n) is 14.0. The molecule has 11 rings (SSSR count). The van der Waals surface area contributed by atoms with Gasteiger partial charge in [-0.05, 0) is 121 Å². The fourth-order valence-electron chi connectivity index (χ4n) is 8.85. The Kier molecular flexibility index (Phi) is 6.35. The van der Waals surface area contributed by atoms with Crippen LogP contribution >= 0.6 is 0 Å². The Hall–Kier alpha value is -6.76. The molecule has 0 spiro atoms. The number of rotatable bonds is 4. The zero-order chi connectivity index (χ0) is 34.2. The molecule has 0 aromatic heterocycles. The van der Waals surface area contributed by atoms with Gasteiger partial charge in [-0.1, -0.05) is 182 Å². The van der Waals surface area contributed by atoms with Crippen molar-refractivity contribution in [3.05, 3.63) is 194 Å². The third-order valence-corrected chi connectivity index (χ3v) is 11.2. The highest BCUT2D eigenvalue weighted by atomic mass is 14.2. The molecule has 0 aliphatic carbocycles. The predicted octanol–water partition coefficient (Wildman–Crippen LogP) is 14.7. The predicted molar refractivity (Wildman–Crippen MR) is 224 cm³/mol. The first-order valence-electron chi connectivity index (χ1n) is 18.1.